The zero-order chi connectivity index (χ0) is 13.5. The Bertz CT molecular complexity index is 386. The maximum atomic E-state index is 11.6. The second-order valence-corrected chi connectivity index (χ2v) is 4.85. The highest BCUT2D eigenvalue weighted by molar-refractivity contribution is 5.75. The first-order valence-electron chi connectivity index (χ1n) is 6.97. The molecule has 1 aromatic carbocycles. The Morgan fingerprint density at radius 3 is 2.79 bits per heavy atom. The Morgan fingerprint density at radius 1 is 1.37 bits per heavy atom. The molecule has 2 rings (SSSR count). The van der Waals surface area contributed by atoms with E-state index in [9.17, 15) is 4.79 Å². The summed E-state index contributed by atoms with van der Waals surface area (Å²) in [6.45, 7) is 3.98. The van der Waals surface area contributed by atoms with E-state index in [1.807, 2.05) is 25.1 Å². The first-order valence-corrected chi connectivity index (χ1v) is 6.97. The van der Waals surface area contributed by atoms with E-state index in [2.05, 4.69) is 22.8 Å². The fourth-order valence-corrected chi connectivity index (χ4v) is 2.33. The lowest BCUT2D eigenvalue weighted by atomic mass is 10.0. The van der Waals surface area contributed by atoms with Crippen LogP contribution in [-0.4, -0.2) is 31.2 Å². The highest BCUT2D eigenvalue weighted by Crippen LogP contribution is 2.10. The molecule has 0 unspecified atom stereocenters. The maximum absolute atomic E-state index is 11.6. The minimum Gasteiger partial charge on any atom is -0.465 e. The second-order valence-electron chi connectivity index (χ2n) is 4.85. The van der Waals surface area contributed by atoms with Crippen LogP contribution in [0.15, 0.2) is 30.3 Å². The monoisotopic (exact) mass is 262 g/mol. The summed E-state index contributed by atoms with van der Waals surface area (Å²) < 4.78 is 5.02. The van der Waals surface area contributed by atoms with E-state index in [0.29, 0.717) is 12.6 Å². The fraction of sp³-hybridized carbons (Fsp3) is 0.533. The van der Waals surface area contributed by atoms with Crippen LogP contribution in [0.2, 0.25) is 0 Å². The molecule has 4 nitrogen and oxygen atoms in total. The fourth-order valence-electron chi connectivity index (χ4n) is 2.33. The molecule has 1 aliphatic rings. The molecular formula is C15H22N2O2. The summed E-state index contributed by atoms with van der Waals surface area (Å²) in [5, 5.41) is 6.77. The first-order chi connectivity index (χ1) is 9.29. The third-order valence-corrected chi connectivity index (χ3v) is 3.42. The quantitative estimate of drug-likeness (QED) is 0.789. The minimum absolute atomic E-state index is 0.121. The summed E-state index contributed by atoms with van der Waals surface area (Å²) in [7, 11) is 0. The van der Waals surface area contributed by atoms with E-state index in [1.165, 1.54) is 5.56 Å². The van der Waals surface area contributed by atoms with Crippen LogP contribution in [0.3, 0.4) is 0 Å². The van der Waals surface area contributed by atoms with Gasteiger partial charge >= 0.3 is 5.97 Å². The molecule has 2 atom stereocenters. The highest BCUT2D eigenvalue weighted by atomic mass is 16.5. The summed E-state index contributed by atoms with van der Waals surface area (Å²) >= 11 is 0. The number of benzene rings is 1. The molecule has 104 valence electrons. The van der Waals surface area contributed by atoms with Gasteiger partial charge in [0.15, 0.2) is 0 Å². The number of piperidine rings is 1. The van der Waals surface area contributed by atoms with E-state index in [-0.39, 0.29) is 12.0 Å². The van der Waals surface area contributed by atoms with Crippen LogP contribution in [0.25, 0.3) is 0 Å². The maximum Gasteiger partial charge on any atom is 0.323 e. The van der Waals surface area contributed by atoms with Gasteiger partial charge in [-0.25, -0.2) is 0 Å². The van der Waals surface area contributed by atoms with Crippen LogP contribution < -0.4 is 10.6 Å². The molecule has 1 fully saturated rings. The molecule has 19 heavy (non-hydrogen) atoms. The summed E-state index contributed by atoms with van der Waals surface area (Å²) in [5.74, 6) is -0.121. The number of ether oxygens (including phenoxy) is 1. The number of esters is 1. The van der Waals surface area contributed by atoms with Crippen molar-refractivity contribution in [2.24, 2.45) is 0 Å². The van der Waals surface area contributed by atoms with Crippen LogP contribution >= 0.6 is 0 Å². The Morgan fingerprint density at radius 2 is 2.16 bits per heavy atom. The van der Waals surface area contributed by atoms with Crippen LogP contribution in [-0.2, 0) is 16.1 Å². The van der Waals surface area contributed by atoms with Gasteiger partial charge in [-0.05, 0) is 25.3 Å². The van der Waals surface area contributed by atoms with E-state index in [4.69, 9.17) is 4.74 Å². The molecule has 1 heterocycles. The van der Waals surface area contributed by atoms with Gasteiger partial charge in [-0.15, -0.1) is 0 Å². The first kappa shape index (κ1) is 14.0. The predicted molar refractivity (Wildman–Crippen MR) is 74.7 cm³/mol. The van der Waals surface area contributed by atoms with Gasteiger partial charge in [-0.2, -0.15) is 0 Å². The summed E-state index contributed by atoms with van der Waals surface area (Å²) in [6.07, 6.45) is 1.84. The largest absolute Gasteiger partial charge is 0.465 e. The number of hydrogen-bond acceptors (Lipinski definition) is 4. The van der Waals surface area contributed by atoms with Crippen molar-refractivity contribution in [1.29, 1.82) is 0 Å². The van der Waals surface area contributed by atoms with Gasteiger partial charge in [0.05, 0.1) is 6.61 Å². The number of hydrogen-bond donors (Lipinski definition) is 2. The van der Waals surface area contributed by atoms with Gasteiger partial charge in [-0.1, -0.05) is 30.3 Å². The molecule has 0 aromatic heterocycles. The van der Waals surface area contributed by atoms with Crippen molar-refractivity contribution in [3.8, 4) is 0 Å². The number of rotatable bonds is 5. The molecule has 2 N–H and O–H groups in total. The topological polar surface area (TPSA) is 50.4 Å². The van der Waals surface area contributed by atoms with E-state index in [1.54, 1.807) is 0 Å². The molecule has 0 spiro atoms. The van der Waals surface area contributed by atoms with Crippen molar-refractivity contribution < 1.29 is 9.53 Å². The van der Waals surface area contributed by atoms with Crippen molar-refractivity contribution in [2.75, 3.05) is 13.2 Å². The van der Waals surface area contributed by atoms with Crippen LogP contribution in [0.1, 0.15) is 25.3 Å². The molecule has 4 heteroatoms. The molecule has 0 radical (unpaired) electrons. The van der Waals surface area contributed by atoms with Gasteiger partial charge in [0.1, 0.15) is 6.04 Å². The number of carbonyl (C=O) groups is 1. The van der Waals surface area contributed by atoms with Gasteiger partial charge in [0.2, 0.25) is 0 Å². The van der Waals surface area contributed by atoms with Gasteiger partial charge in [-0.3, -0.25) is 4.79 Å². The average molecular weight is 262 g/mol. The van der Waals surface area contributed by atoms with Gasteiger partial charge in [0.25, 0.3) is 0 Å². The molecule has 0 saturated carbocycles. The van der Waals surface area contributed by atoms with Crippen molar-refractivity contribution in [3.05, 3.63) is 35.9 Å². The smallest absolute Gasteiger partial charge is 0.323 e. The Balaban J connectivity index is 1.70. The Labute approximate surface area is 114 Å². The lowest BCUT2D eigenvalue weighted by molar-refractivity contribution is -0.146. The molecule has 0 amide bonds. The molecule has 0 aliphatic carbocycles. The zero-order valence-corrected chi connectivity index (χ0v) is 11.4. The molecular weight excluding hydrogens is 240 g/mol. The van der Waals surface area contributed by atoms with Crippen LogP contribution in [0, 0.1) is 0 Å². The lowest BCUT2D eigenvalue weighted by Crippen LogP contribution is -2.51. The molecule has 1 aromatic rings. The van der Waals surface area contributed by atoms with Crippen LogP contribution in [0.4, 0.5) is 0 Å². The third kappa shape index (κ3) is 4.33. The summed E-state index contributed by atoms with van der Waals surface area (Å²) in [5.41, 5.74) is 1.29. The lowest BCUT2D eigenvalue weighted by Gasteiger charge is -2.29. The summed E-state index contributed by atoms with van der Waals surface area (Å²) in [6, 6.07) is 10.6. The molecule has 1 aliphatic heterocycles. The standard InChI is InChI=1S/C15H22N2O2/c1-2-19-15(18)14-9-8-13(11-17-14)16-10-12-6-4-3-5-7-12/h3-7,13-14,16-17H,2,8-11H2,1H3/t13-,14-/m1/s1. The SMILES string of the molecule is CCOC(=O)[C@H]1CC[C@@H](NCc2ccccc2)CN1. The van der Waals surface area contributed by atoms with Crippen LogP contribution in [0.5, 0.6) is 0 Å². The predicted octanol–water partition coefficient (Wildman–Crippen LogP) is 1.46. The molecule has 0 bridgehead atoms. The second kappa shape index (κ2) is 7.26. The van der Waals surface area contributed by atoms with Gasteiger partial charge in [0, 0.05) is 19.1 Å². The van der Waals surface area contributed by atoms with E-state index >= 15 is 0 Å². The average Bonchev–Trinajstić information content (AvgIpc) is 2.47. The van der Waals surface area contributed by atoms with Crippen molar-refractivity contribution in [3.63, 3.8) is 0 Å². The van der Waals surface area contributed by atoms with Crippen molar-refractivity contribution in [1.82, 2.24) is 10.6 Å². The minimum atomic E-state index is -0.130. The van der Waals surface area contributed by atoms with Crippen molar-refractivity contribution >= 4 is 5.97 Å². The Kier molecular flexibility index (Phi) is 5.36. The molecule has 1 saturated heterocycles. The zero-order valence-electron chi connectivity index (χ0n) is 11.4. The van der Waals surface area contributed by atoms with E-state index < -0.39 is 0 Å². The van der Waals surface area contributed by atoms with Gasteiger partial charge < -0.3 is 15.4 Å². The van der Waals surface area contributed by atoms with Crippen molar-refractivity contribution in [2.45, 2.75) is 38.4 Å². The number of carbonyl (C=O) groups excluding carboxylic acids is 1. The Hall–Kier alpha value is -1.39. The number of nitrogens with one attached hydrogen (secondary N) is 2. The van der Waals surface area contributed by atoms with E-state index in [0.717, 1.165) is 25.9 Å². The normalized spacial score (nSPS) is 23.0. The summed E-state index contributed by atoms with van der Waals surface area (Å²) in [4.78, 5) is 11.6. The third-order valence-electron chi connectivity index (χ3n) is 3.42. The highest BCUT2D eigenvalue weighted by Gasteiger charge is 2.26.